The highest BCUT2D eigenvalue weighted by Crippen LogP contribution is 2.41. The van der Waals surface area contributed by atoms with E-state index < -0.39 is 0 Å². The Morgan fingerprint density at radius 2 is 1.68 bits per heavy atom. The van der Waals surface area contributed by atoms with E-state index in [1.54, 1.807) is 14.2 Å². The first-order valence-corrected chi connectivity index (χ1v) is 7.18. The Balaban J connectivity index is 2.32. The SMILES string of the molecule is CNC1CCCCC(c2c(OC)cccc2OC)C1. The number of rotatable bonds is 4. The third-order valence-corrected chi connectivity index (χ3v) is 4.21. The maximum Gasteiger partial charge on any atom is 0.126 e. The van der Waals surface area contributed by atoms with Crippen molar-refractivity contribution >= 4 is 0 Å². The fourth-order valence-corrected chi connectivity index (χ4v) is 3.17. The van der Waals surface area contributed by atoms with E-state index in [1.807, 2.05) is 18.2 Å². The van der Waals surface area contributed by atoms with Gasteiger partial charge in [0.05, 0.1) is 14.2 Å². The molecule has 0 saturated heterocycles. The number of ether oxygens (including phenoxy) is 2. The predicted molar refractivity (Wildman–Crippen MR) is 78.2 cm³/mol. The summed E-state index contributed by atoms with van der Waals surface area (Å²) in [5.74, 6) is 2.44. The average molecular weight is 263 g/mol. The van der Waals surface area contributed by atoms with E-state index in [-0.39, 0.29) is 0 Å². The minimum absolute atomic E-state index is 0.519. The van der Waals surface area contributed by atoms with Crippen LogP contribution in [0.3, 0.4) is 0 Å². The van der Waals surface area contributed by atoms with Crippen LogP contribution in [0.5, 0.6) is 11.5 Å². The third-order valence-electron chi connectivity index (χ3n) is 4.21. The van der Waals surface area contributed by atoms with E-state index in [4.69, 9.17) is 9.47 Å². The molecule has 1 fully saturated rings. The van der Waals surface area contributed by atoms with E-state index in [0.717, 1.165) is 17.9 Å². The molecule has 2 atom stereocenters. The number of hydrogen-bond donors (Lipinski definition) is 1. The van der Waals surface area contributed by atoms with Crippen LogP contribution in [0.1, 0.15) is 43.6 Å². The Morgan fingerprint density at radius 3 is 2.26 bits per heavy atom. The minimum atomic E-state index is 0.519. The number of nitrogens with one attached hydrogen (secondary N) is 1. The molecule has 1 aliphatic carbocycles. The van der Waals surface area contributed by atoms with Gasteiger partial charge in [-0.15, -0.1) is 0 Å². The first-order chi connectivity index (χ1) is 9.30. The Bertz CT molecular complexity index is 383. The molecule has 2 unspecified atom stereocenters. The molecule has 0 amide bonds. The van der Waals surface area contributed by atoms with Crippen molar-refractivity contribution in [1.29, 1.82) is 0 Å². The summed E-state index contributed by atoms with van der Waals surface area (Å²) in [4.78, 5) is 0. The Labute approximate surface area is 116 Å². The second kappa shape index (κ2) is 6.80. The van der Waals surface area contributed by atoms with E-state index in [0.29, 0.717) is 12.0 Å². The summed E-state index contributed by atoms with van der Waals surface area (Å²) in [6, 6.07) is 6.67. The summed E-state index contributed by atoms with van der Waals surface area (Å²) >= 11 is 0. The highest BCUT2D eigenvalue weighted by molar-refractivity contribution is 5.47. The largest absolute Gasteiger partial charge is 0.496 e. The summed E-state index contributed by atoms with van der Waals surface area (Å²) in [5.41, 5.74) is 1.25. The van der Waals surface area contributed by atoms with Crippen molar-refractivity contribution in [2.24, 2.45) is 0 Å². The fourth-order valence-electron chi connectivity index (χ4n) is 3.17. The zero-order valence-corrected chi connectivity index (χ0v) is 12.2. The third kappa shape index (κ3) is 3.21. The Morgan fingerprint density at radius 1 is 1.05 bits per heavy atom. The Hall–Kier alpha value is -1.22. The summed E-state index contributed by atoms with van der Waals surface area (Å²) in [6.45, 7) is 0. The number of methoxy groups -OCH3 is 2. The second-order valence-electron chi connectivity index (χ2n) is 5.28. The van der Waals surface area contributed by atoms with Gasteiger partial charge in [-0.3, -0.25) is 0 Å². The lowest BCUT2D eigenvalue weighted by Crippen LogP contribution is -2.26. The quantitative estimate of drug-likeness (QED) is 0.845. The van der Waals surface area contributed by atoms with Gasteiger partial charge in [-0.25, -0.2) is 0 Å². The highest BCUT2D eigenvalue weighted by Gasteiger charge is 2.25. The van der Waals surface area contributed by atoms with Crippen molar-refractivity contribution in [3.63, 3.8) is 0 Å². The molecule has 1 saturated carbocycles. The second-order valence-corrected chi connectivity index (χ2v) is 5.28. The summed E-state index contributed by atoms with van der Waals surface area (Å²) in [7, 11) is 5.54. The van der Waals surface area contributed by atoms with Gasteiger partial charge in [-0.2, -0.15) is 0 Å². The first kappa shape index (κ1) is 14.2. The molecule has 0 bridgehead atoms. The van der Waals surface area contributed by atoms with Crippen LogP contribution in [-0.2, 0) is 0 Å². The molecule has 0 heterocycles. The molecular formula is C16H25NO2. The van der Waals surface area contributed by atoms with Crippen LogP contribution in [-0.4, -0.2) is 27.3 Å². The van der Waals surface area contributed by atoms with E-state index in [2.05, 4.69) is 12.4 Å². The molecule has 3 nitrogen and oxygen atoms in total. The zero-order chi connectivity index (χ0) is 13.7. The van der Waals surface area contributed by atoms with Gasteiger partial charge < -0.3 is 14.8 Å². The van der Waals surface area contributed by atoms with E-state index in [9.17, 15) is 0 Å². The van der Waals surface area contributed by atoms with Gasteiger partial charge in [-0.05, 0) is 44.4 Å². The molecule has 1 aromatic carbocycles. The molecule has 2 rings (SSSR count). The van der Waals surface area contributed by atoms with Crippen LogP contribution in [0.25, 0.3) is 0 Å². The maximum absolute atomic E-state index is 5.55. The predicted octanol–water partition coefficient (Wildman–Crippen LogP) is 3.34. The molecule has 0 spiro atoms. The van der Waals surface area contributed by atoms with Crippen LogP contribution in [0.15, 0.2) is 18.2 Å². The van der Waals surface area contributed by atoms with Gasteiger partial charge in [0.1, 0.15) is 11.5 Å². The Kier molecular flexibility index (Phi) is 5.08. The van der Waals surface area contributed by atoms with Gasteiger partial charge >= 0.3 is 0 Å². The summed E-state index contributed by atoms with van der Waals surface area (Å²) in [5, 5.41) is 3.44. The van der Waals surface area contributed by atoms with Crippen molar-refractivity contribution in [2.75, 3.05) is 21.3 Å². The molecule has 3 heteroatoms. The van der Waals surface area contributed by atoms with Crippen molar-refractivity contribution in [1.82, 2.24) is 5.32 Å². The van der Waals surface area contributed by atoms with Gasteiger partial charge in [0.2, 0.25) is 0 Å². The lowest BCUT2D eigenvalue weighted by Gasteiger charge is -2.23. The summed E-state index contributed by atoms with van der Waals surface area (Å²) < 4.78 is 11.1. The van der Waals surface area contributed by atoms with Crippen molar-refractivity contribution in [2.45, 2.75) is 44.1 Å². The lowest BCUT2D eigenvalue weighted by atomic mass is 9.89. The monoisotopic (exact) mass is 263 g/mol. The van der Waals surface area contributed by atoms with Crippen molar-refractivity contribution in [3.05, 3.63) is 23.8 Å². The average Bonchev–Trinajstić information content (AvgIpc) is 2.71. The minimum Gasteiger partial charge on any atom is -0.496 e. The van der Waals surface area contributed by atoms with Crippen LogP contribution in [0.4, 0.5) is 0 Å². The molecular weight excluding hydrogens is 238 g/mol. The van der Waals surface area contributed by atoms with Gasteiger partial charge in [-0.1, -0.05) is 18.9 Å². The molecule has 19 heavy (non-hydrogen) atoms. The van der Waals surface area contributed by atoms with Crippen LogP contribution in [0.2, 0.25) is 0 Å². The molecule has 1 N–H and O–H groups in total. The van der Waals surface area contributed by atoms with Gasteiger partial charge in [0.15, 0.2) is 0 Å². The van der Waals surface area contributed by atoms with Crippen LogP contribution >= 0.6 is 0 Å². The molecule has 0 aromatic heterocycles. The normalized spacial score (nSPS) is 23.7. The van der Waals surface area contributed by atoms with E-state index >= 15 is 0 Å². The molecule has 106 valence electrons. The standard InChI is InChI=1S/C16H25NO2/c1-17-13-8-5-4-7-12(11-13)16-14(18-2)9-6-10-15(16)19-3/h6,9-10,12-13,17H,4-5,7-8,11H2,1-3H3. The van der Waals surface area contributed by atoms with Crippen molar-refractivity contribution < 1.29 is 9.47 Å². The zero-order valence-electron chi connectivity index (χ0n) is 12.2. The summed E-state index contributed by atoms with van der Waals surface area (Å²) in [6.07, 6.45) is 6.23. The molecule has 1 aliphatic rings. The maximum atomic E-state index is 5.55. The van der Waals surface area contributed by atoms with Gasteiger partial charge in [0.25, 0.3) is 0 Å². The smallest absolute Gasteiger partial charge is 0.126 e. The highest BCUT2D eigenvalue weighted by atomic mass is 16.5. The number of benzene rings is 1. The van der Waals surface area contributed by atoms with Gasteiger partial charge in [0, 0.05) is 11.6 Å². The van der Waals surface area contributed by atoms with Crippen molar-refractivity contribution in [3.8, 4) is 11.5 Å². The van der Waals surface area contributed by atoms with Crippen LogP contribution < -0.4 is 14.8 Å². The topological polar surface area (TPSA) is 30.5 Å². The lowest BCUT2D eigenvalue weighted by molar-refractivity contribution is 0.369. The first-order valence-electron chi connectivity index (χ1n) is 7.18. The molecule has 0 radical (unpaired) electrons. The van der Waals surface area contributed by atoms with Crippen LogP contribution in [0, 0.1) is 0 Å². The molecule has 0 aliphatic heterocycles. The fraction of sp³-hybridized carbons (Fsp3) is 0.625. The molecule has 1 aromatic rings. The van der Waals surface area contributed by atoms with E-state index in [1.165, 1.54) is 31.2 Å². The number of hydrogen-bond acceptors (Lipinski definition) is 3.